The lowest BCUT2D eigenvalue weighted by Crippen LogP contribution is -2.64. The van der Waals surface area contributed by atoms with Crippen LogP contribution in [0.2, 0.25) is 0 Å². The highest BCUT2D eigenvalue weighted by molar-refractivity contribution is 5.36. The monoisotopic (exact) mass is 505 g/mol. The Balaban J connectivity index is 1.39. The molecule has 0 aromatic rings. The van der Waals surface area contributed by atoms with Gasteiger partial charge in [-0.3, -0.25) is 0 Å². The van der Waals surface area contributed by atoms with Crippen molar-refractivity contribution in [1.82, 2.24) is 0 Å². The Morgan fingerprint density at radius 1 is 0.944 bits per heavy atom. The minimum absolute atomic E-state index is 0.0480. The number of hydrogen-bond donors (Lipinski definition) is 5. The summed E-state index contributed by atoms with van der Waals surface area (Å²) in [5, 5.41) is 44.5. The van der Waals surface area contributed by atoms with Crippen LogP contribution in [0, 0.1) is 51.2 Å². The average molecular weight is 506 g/mol. The van der Waals surface area contributed by atoms with E-state index < -0.39 is 35.6 Å². The number of ether oxygens (including phenoxy) is 1. The molecule has 36 heavy (non-hydrogen) atoms. The van der Waals surface area contributed by atoms with Crippen LogP contribution in [0.4, 0.5) is 0 Å². The molecule has 15 atom stereocenters. The van der Waals surface area contributed by atoms with Crippen LogP contribution in [0.5, 0.6) is 0 Å². The fraction of sp³-hybridized carbons (Fsp3) is 1.00. The summed E-state index contributed by atoms with van der Waals surface area (Å²) in [6.45, 7) is 14.8. The van der Waals surface area contributed by atoms with Crippen LogP contribution in [0.3, 0.4) is 0 Å². The summed E-state index contributed by atoms with van der Waals surface area (Å²) in [6.07, 6.45) is 4.02. The molecule has 0 radical (unpaired) electrons. The first-order chi connectivity index (χ1) is 16.5. The lowest BCUT2D eigenvalue weighted by Gasteiger charge is -2.63. The third-order valence-electron chi connectivity index (χ3n) is 14.3. The van der Waals surface area contributed by atoms with Crippen LogP contribution in [-0.2, 0) is 4.74 Å². The number of rotatable bonds is 2. The minimum atomic E-state index is -1.25. The zero-order valence-electron chi connectivity index (χ0n) is 23.5. The van der Waals surface area contributed by atoms with Crippen LogP contribution in [-0.4, -0.2) is 62.1 Å². The van der Waals surface area contributed by atoms with Crippen LogP contribution < -0.4 is 5.73 Å². The Labute approximate surface area is 217 Å². The van der Waals surface area contributed by atoms with Crippen LogP contribution in [0.25, 0.3) is 0 Å². The molecule has 6 fully saturated rings. The van der Waals surface area contributed by atoms with Crippen molar-refractivity contribution in [2.24, 2.45) is 57.0 Å². The first-order valence-corrected chi connectivity index (χ1v) is 14.7. The van der Waals surface area contributed by atoms with Crippen molar-refractivity contribution >= 4 is 0 Å². The Morgan fingerprint density at radius 2 is 1.56 bits per heavy atom. The van der Waals surface area contributed by atoms with E-state index >= 15 is 0 Å². The maximum absolute atomic E-state index is 12.2. The molecule has 0 amide bonds. The van der Waals surface area contributed by atoms with E-state index in [0.717, 1.165) is 32.1 Å². The average Bonchev–Trinajstić information content (AvgIpc) is 3.27. The van der Waals surface area contributed by atoms with Gasteiger partial charge in [0.25, 0.3) is 0 Å². The van der Waals surface area contributed by atoms with E-state index in [1.807, 2.05) is 0 Å². The quantitative estimate of drug-likeness (QED) is 0.394. The molecular formula is C30H51NO5. The summed E-state index contributed by atoms with van der Waals surface area (Å²) in [6, 6.07) is 0. The molecule has 1 aliphatic heterocycles. The minimum Gasteiger partial charge on any atom is -0.391 e. The van der Waals surface area contributed by atoms with Gasteiger partial charge in [-0.25, -0.2) is 0 Å². The first kappa shape index (κ1) is 26.0. The van der Waals surface area contributed by atoms with Crippen LogP contribution in [0.15, 0.2) is 0 Å². The van der Waals surface area contributed by atoms with Gasteiger partial charge >= 0.3 is 0 Å². The number of hydrogen-bond acceptors (Lipinski definition) is 6. The van der Waals surface area contributed by atoms with Crippen LogP contribution in [0.1, 0.15) is 93.4 Å². The second-order valence-corrected chi connectivity index (χ2v) is 15.5. The third-order valence-corrected chi connectivity index (χ3v) is 14.3. The molecule has 2 spiro atoms. The molecule has 1 saturated heterocycles. The Hall–Kier alpha value is -0.240. The molecule has 6 aliphatic rings. The molecule has 0 bridgehead atoms. The third kappa shape index (κ3) is 2.61. The smallest absolute Gasteiger partial charge is 0.108 e. The summed E-state index contributed by atoms with van der Waals surface area (Å²) in [5.41, 5.74) is 5.10. The molecule has 206 valence electrons. The van der Waals surface area contributed by atoms with E-state index in [1.54, 1.807) is 13.8 Å². The van der Waals surface area contributed by atoms with Crippen LogP contribution >= 0.6 is 0 Å². The standard InChI is InChI=1S/C30H51NO5/c1-15-14-17(23(33)25(3,4)35)36-22-21(15)26(5)12-13-30-16(2)29(30)11-10-20(32)28(7,31)19(29)9-8-18(30)27(26,6)24(22)34/h15-24,32-35H,8-14,31H2,1-7H3/t15-,16-,17-,18+,19+,20+,21+,22-,23+,24+,26-,27-,28?,29-,30+/m1/s1. The normalized spacial score (nSPS) is 62.8. The molecule has 5 aliphatic carbocycles. The molecule has 0 aromatic carbocycles. The Bertz CT molecular complexity index is 933. The number of aliphatic hydroxyl groups is 4. The highest BCUT2D eigenvalue weighted by atomic mass is 16.5. The maximum Gasteiger partial charge on any atom is 0.108 e. The van der Waals surface area contributed by atoms with Crippen molar-refractivity contribution in [1.29, 1.82) is 0 Å². The topological polar surface area (TPSA) is 116 Å². The van der Waals surface area contributed by atoms with E-state index in [0.29, 0.717) is 30.1 Å². The van der Waals surface area contributed by atoms with Gasteiger partial charge in [0, 0.05) is 11.0 Å². The molecule has 0 aromatic heterocycles. The van der Waals surface area contributed by atoms with Crippen molar-refractivity contribution in [3.63, 3.8) is 0 Å². The van der Waals surface area contributed by atoms with Gasteiger partial charge in [0.05, 0.1) is 30.0 Å². The summed E-state index contributed by atoms with van der Waals surface area (Å²) in [7, 11) is 0. The van der Waals surface area contributed by atoms with Crippen molar-refractivity contribution in [2.45, 2.75) is 135 Å². The first-order valence-electron chi connectivity index (χ1n) is 14.7. The summed E-state index contributed by atoms with van der Waals surface area (Å²) in [4.78, 5) is 0. The molecule has 6 nitrogen and oxygen atoms in total. The van der Waals surface area contributed by atoms with Crippen molar-refractivity contribution in [2.75, 3.05) is 0 Å². The number of nitrogens with two attached hydrogens (primary N) is 1. The van der Waals surface area contributed by atoms with E-state index in [4.69, 9.17) is 10.5 Å². The molecule has 6 rings (SSSR count). The van der Waals surface area contributed by atoms with Gasteiger partial charge in [-0.05, 0) is 112 Å². The molecular weight excluding hydrogens is 454 g/mol. The predicted octanol–water partition coefficient (Wildman–Crippen LogP) is 3.23. The molecule has 6 heteroatoms. The van der Waals surface area contributed by atoms with Gasteiger partial charge in [-0.15, -0.1) is 0 Å². The largest absolute Gasteiger partial charge is 0.391 e. The van der Waals surface area contributed by atoms with Gasteiger partial charge in [-0.2, -0.15) is 0 Å². The maximum atomic E-state index is 12.2. The lowest BCUT2D eigenvalue weighted by molar-refractivity contribution is -0.202. The van der Waals surface area contributed by atoms with E-state index in [2.05, 4.69) is 34.6 Å². The van der Waals surface area contributed by atoms with Crippen molar-refractivity contribution < 1.29 is 25.2 Å². The fourth-order valence-corrected chi connectivity index (χ4v) is 12.5. The summed E-state index contributed by atoms with van der Waals surface area (Å²) in [5.74, 6) is 1.80. The highest BCUT2D eigenvalue weighted by Crippen LogP contribution is 2.90. The predicted molar refractivity (Wildman–Crippen MR) is 138 cm³/mol. The van der Waals surface area contributed by atoms with E-state index in [9.17, 15) is 20.4 Å². The zero-order valence-corrected chi connectivity index (χ0v) is 23.5. The molecule has 6 N–H and O–H groups in total. The van der Waals surface area contributed by atoms with Gasteiger partial charge in [0.1, 0.15) is 6.10 Å². The zero-order chi connectivity index (χ0) is 26.4. The Kier molecular flexibility index (Phi) is 5.26. The van der Waals surface area contributed by atoms with E-state index in [1.165, 1.54) is 6.42 Å². The lowest BCUT2D eigenvalue weighted by atomic mass is 9.42. The summed E-state index contributed by atoms with van der Waals surface area (Å²) >= 11 is 0. The highest BCUT2D eigenvalue weighted by Gasteiger charge is 2.88. The van der Waals surface area contributed by atoms with Gasteiger partial charge in [0.2, 0.25) is 0 Å². The van der Waals surface area contributed by atoms with Gasteiger partial charge < -0.3 is 30.9 Å². The second-order valence-electron chi connectivity index (χ2n) is 15.5. The second kappa shape index (κ2) is 7.28. The number of aliphatic hydroxyl groups excluding tert-OH is 3. The Morgan fingerprint density at radius 3 is 2.19 bits per heavy atom. The van der Waals surface area contributed by atoms with Gasteiger partial charge in [0.15, 0.2) is 0 Å². The SMILES string of the molecule is C[C@H]1[C@@]23CC[C@]4(C)[C@@H]5[C@@H](O[C@@H]([C@H](O)C(C)(C)O)C[C@H]5C)[C@H](O)[C@@]4(C)[C@@H]2CC[C@H]2C(C)(N)[C@@H](O)CC[C@@]123. The molecule has 1 unspecified atom stereocenters. The fourth-order valence-electron chi connectivity index (χ4n) is 12.5. The van der Waals surface area contributed by atoms with Crippen molar-refractivity contribution in [3.05, 3.63) is 0 Å². The summed E-state index contributed by atoms with van der Waals surface area (Å²) < 4.78 is 6.60. The molecule has 5 saturated carbocycles. The van der Waals surface area contributed by atoms with E-state index in [-0.39, 0.29) is 33.7 Å². The number of fused-ring (bicyclic) bond motifs is 4. The van der Waals surface area contributed by atoms with Gasteiger partial charge in [-0.1, -0.05) is 27.7 Å². The molecule has 1 heterocycles. The van der Waals surface area contributed by atoms with Crippen molar-refractivity contribution in [3.8, 4) is 0 Å².